The van der Waals surface area contributed by atoms with Crippen LogP contribution >= 0.6 is 0 Å². The summed E-state index contributed by atoms with van der Waals surface area (Å²) in [5, 5.41) is 19.4. The topological polar surface area (TPSA) is 43.7 Å². The first-order valence-corrected chi connectivity index (χ1v) is 6.87. The maximum Gasteiger partial charge on any atom is 0.0695 e. The molecule has 94 valence electrons. The molecular formula is C13H25NO2. The Kier molecular flexibility index (Phi) is 4.62. The predicted molar refractivity (Wildman–Crippen MR) is 64.3 cm³/mol. The van der Waals surface area contributed by atoms with E-state index in [1.807, 2.05) is 0 Å². The van der Waals surface area contributed by atoms with Crippen molar-refractivity contribution in [1.82, 2.24) is 4.90 Å². The van der Waals surface area contributed by atoms with Crippen molar-refractivity contribution < 1.29 is 10.2 Å². The van der Waals surface area contributed by atoms with Crippen molar-refractivity contribution in [2.45, 2.75) is 69.6 Å². The van der Waals surface area contributed by atoms with Crippen LogP contribution in [0.15, 0.2) is 0 Å². The molecule has 2 unspecified atom stereocenters. The van der Waals surface area contributed by atoms with Gasteiger partial charge in [-0.2, -0.15) is 0 Å². The zero-order chi connectivity index (χ0) is 11.4. The van der Waals surface area contributed by atoms with Gasteiger partial charge >= 0.3 is 0 Å². The number of rotatable bonds is 4. The van der Waals surface area contributed by atoms with Gasteiger partial charge in [0, 0.05) is 18.6 Å². The molecule has 16 heavy (non-hydrogen) atoms. The molecule has 0 aliphatic heterocycles. The van der Waals surface area contributed by atoms with E-state index in [0.717, 1.165) is 25.8 Å². The van der Waals surface area contributed by atoms with Crippen LogP contribution in [0.2, 0.25) is 0 Å². The second-order valence-electron chi connectivity index (χ2n) is 5.32. The summed E-state index contributed by atoms with van der Waals surface area (Å²) >= 11 is 0. The number of aliphatic hydroxyl groups is 2. The van der Waals surface area contributed by atoms with Crippen molar-refractivity contribution >= 4 is 0 Å². The zero-order valence-corrected chi connectivity index (χ0v) is 10.1. The van der Waals surface area contributed by atoms with Crippen molar-refractivity contribution in [3.63, 3.8) is 0 Å². The van der Waals surface area contributed by atoms with Gasteiger partial charge in [0.15, 0.2) is 0 Å². The van der Waals surface area contributed by atoms with E-state index in [2.05, 4.69) is 4.90 Å². The van der Waals surface area contributed by atoms with Crippen LogP contribution in [0, 0.1) is 0 Å². The van der Waals surface area contributed by atoms with Crippen LogP contribution in [0.5, 0.6) is 0 Å². The van der Waals surface area contributed by atoms with Gasteiger partial charge in [-0.25, -0.2) is 0 Å². The van der Waals surface area contributed by atoms with E-state index in [0.29, 0.717) is 12.1 Å². The standard InChI is InChI=1S/C13H25NO2/c15-10-9-14(11-5-4-6-11)12-7-2-1-3-8-13(12)16/h11-13,15-16H,1-10H2. The average Bonchev–Trinajstić information content (AvgIpc) is 2.39. The van der Waals surface area contributed by atoms with Crippen LogP contribution in [0.3, 0.4) is 0 Å². The zero-order valence-electron chi connectivity index (χ0n) is 10.1. The van der Waals surface area contributed by atoms with Crippen molar-refractivity contribution in [1.29, 1.82) is 0 Å². The lowest BCUT2D eigenvalue weighted by atomic mass is 9.88. The molecule has 0 radical (unpaired) electrons. The van der Waals surface area contributed by atoms with Crippen molar-refractivity contribution in [3.8, 4) is 0 Å². The summed E-state index contributed by atoms with van der Waals surface area (Å²) in [5.74, 6) is 0. The molecule has 2 N–H and O–H groups in total. The summed E-state index contributed by atoms with van der Waals surface area (Å²) in [6.45, 7) is 0.964. The summed E-state index contributed by atoms with van der Waals surface area (Å²) in [5.41, 5.74) is 0. The minimum atomic E-state index is -0.172. The molecule has 0 amide bonds. The highest BCUT2D eigenvalue weighted by Crippen LogP contribution is 2.31. The Hall–Kier alpha value is -0.120. The van der Waals surface area contributed by atoms with E-state index in [4.69, 9.17) is 5.11 Å². The van der Waals surface area contributed by atoms with Gasteiger partial charge < -0.3 is 10.2 Å². The fourth-order valence-electron chi connectivity index (χ4n) is 3.11. The van der Waals surface area contributed by atoms with E-state index < -0.39 is 0 Å². The molecule has 2 aliphatic rings. The van der Waals surface area contributed by atoms with E-state index in [1.54, 1.807) is 0 Å². The summed E-state index contributed by atoms with van der Waals surface area (Å²) in [4.78, 5) is 2.39. The van der Waals surface area contributed by atoms with Gasteiger partial charge in [0.05, 0.1) is 12.7 Å². The molecule has 2 atom stereocenters. The molecule has 2 aliphatic carbocycles. The molecule has 2 rings (SSSR count). The van der Waals surface area contributed by atoms with E-state index in [9.17, 15) is 5.11 Å². The van der Waals surface area contributed by atoms with E-state index >= 15 is 0 Å². The SMILES string of the molecule is OCCN(C1CCC1)C1CCCCCC1O. The van der Waals surface area contributed by atoms with Gasteiger partial charge in [0.1, 0.15) is 0 Å². The molecule has 0 aromatic rings. The molecule has 0 aromatic heterocycles. The minimum Gasteiger partial charge on any atom is -0.395 e. The molecule has 2 fully saturated rings. The summed E-state index contributed by atoms with van der Waals surface area (Å²) in [7, 11) is 0. The lowest BCUT2D eigenvalue weighted by Crippen LogP contribution is -2.52. The van der Waals surface area contributed by atoms with Crippen LogP contribution in [0.25, 0.3) is 0 Å². The van der Waals surface area contributed by atoms with Gasteiger partial charge in [0.2, 0.25) is 0 Å². The average molecular weight is 227 g/mol. The van der Waals surface area contributed by atoms with Gasteiger partial charge in [-0.1, -0.05) is 25.7 Å². The number of aliphatic hydroxyl groups excluding tert-OH is 2. The van der Waals surface area contributed by atoms with E-state index in [-0.39, 0.29) is 12.7 Å². The normalized spacial score (nSPS) is 32.4. The van der Waals surface area contributed by atoms with Crippen LogP contribution in [-0.4, -0.2) is 46.5 Å². The van der Waals surface area contributed by atoms with Gasteiger partial charge in [-0.3, -0.25) is 4.90 Å². The number of nitrogens with zero attached hydrogens (tertiary/aromatic N) is 1. The Labute approximate surface area is 98.5 Å². The Morgan fingerprint density at radius 1 is 0.938 bits per heavy atom. The van der Waals surface area contributed by atoms with Gasteiger partial charge in [0.25, 0.3) is 0 Å². The van der Waals surface area contributed by atoms with Crippen LogP contribution in [0.1, 0.15) is 51.4 Å². The fraction of sp³-hybridized carbons (Fsp3) is 1.00. The summed E-state index contributed by atoms with van der Waals surface area (Å²) < 4.78 is 0. The lowest BCUT2D eigenvalue weighted by molar-refractivity contribution is -0.0104. The maximum absolute atomic E-state index is 10.2. The number of hydrogen-bond donors (Lipinski definition) is 2. The summed E-state index contributed by atoms with van der Waals surface area (Å²) in [6, 6.07) is 0.935. The van der Waals surface area contributed by atoms with Crippen molar-refractivity contribution in [2.75, 3.05) is 13.2 Å². The van der Waals surface area contributed by atoms with Crippen LogP contribution in [-0.2, 0) is 0 Å². The molecule has 2 saturated carbocycles. The molecule has 3 nitrogen and oxygen atoms in total. The molecule has 0 spiro atoms. The number of hydrogen-bond acceptors (Lipinski definition) is 3. The quantitative estimate of drug-likeness (QED) is 0.716. The first-order chi connectivity index (χ1) is 7.83. The van der Waals surface area contributed by atoms with Gasteiger partial charge in [-0.15, -0.1) is 0 Å². The molecule has 0 saturated heterocycles. The fourth-order valence-corrected chi connectivity index (χ4v) is 3.11. The second-order valence-corrected chi connectivity index (χ2v) is 5.32. The van der Waals surface area contributed by atoms with E-state index in [1.165, 1.54) is 32.1 Å². The van der Waals surface area contributed by atoms with Gasteiger partial charge in [-0.05, 0) is 25.7 Å². The van der Waals surface area contributed by atoms with Crippen LogP contribution < -0.4 is 0 Å². The molecule has 3 heteroatoms. The first kappa shape index (κ1) is 12.3. The second kappa shape index (κ2) is 5.99. The summed E-state index contributed by atoms with van der Waals surface area (Å²) in [6.07, 6.45) is 9.35. The maximum atomic E-state index is 10.2. The van der Waals surface area contributed by atoms with Crippen LogP contribution in [0.4, 0.5) is 0 Å². The monoisotopic (exact) mass is 227 g/mol. The molecule has 0 heterocycles. The first-order valence-electron chi connectivity index (χ1n) is 6.87. The third kappa shape index (κ3) is 2.76. The highest BCUT2D eigenvalue weighted by Gasteiger charge is 2.34. The third-order valence-corrected chi connectivity index (χ3v) is 4.27. The Balaban J connectivity index is 1.97. The molecular weight excluding hydrogens is 202 g/mol. The molecule has 0 bridgehead atoms. The Bertz CT molecular complexity index is 206. The Morgan fingerprint density at radius 2 is 1.69 bits per heavy atom. The third-order valence-electron chi connectivity index (χ3n) is 4.27. The van der Waals surface area contributed by atoms with Crippen molar-refractivity contribution in [3.05, 3.63) is 0 Å². The predicted octanol–water partition coefficient (Wildman–Crippen LogP) is 1.53. The minimum absolute atomic E-state index is 0.172. The highest BCUT2D eigenvalue weighted by molar-refractivity contribution is 4.89. The Morgan fingerprint density at radius 3 is 2.31 bits per heavy atom. The smallest absolute Gasteiger partial charge is 0.0695 e. The largest absolute Gasteiger partial charge is 0.395 e. The lowest BCUT2D eigenvalue weighted by Gasteiger charge is -2.43. The molecule has 0 aromatic carbocycles. The highest BCUT2D eigenvalue weighted by atomic mass is 16.3. The van der Waals surface area contributed by atoms with Crippen molar-refractivity contribution in [2.24, 2.45) is 0 Å².